The number of rotatable bonds is 5. The molecular formula is C28H31F3N4O4S. The number of aryl methyl sites for hydroxylation is 2. The molecule has 2 aromatic carbocycles. The van der Waals surface area contributed by atoms with Crippen LogP contribution < -0.4 is 20.0 Å². The first-order valence-electron chi connectivity index (χ1n) is 13.0. The maximum atomic E-state index is 13.4. The molecule has 8 nitrogen and oxygen atoms in total. The number of likely N-dealkylation sites (N-methyl/N-ethyl adjacent to an activating group) is 1. The summed E-state index contributed by atoms with van der Waals surface area (Å²) in [7, 11) is 2.10. The Morgan fingerprint density at radius 1 is 1.07 bits per heavy atom. The van der Waals surface area contributed by atoms with Gasteiger partial charge in [0.25, 0.3) is 5.91 Å². The zero-order chi connectivity index (χ0) is 28.8. The lowest BCUT2D eigenvalue weighted by molar-refractivity contribution is -0.274. The highest BCUT2D eigenvalue weighted by Crippen LogP contribution is 2.37. The van der Waals surface area contributed by atoms with Crippen LogP contribution in [0, 0.1) is 13.8 Å². The van der Waals surface area contributed by atoms with Crippen LogP contribution in [0.2, 0.25) is 0 Å². The minimum atomic E-state index is -4.92. The molecule has 0 spiro atoms. The zero-order valence-electron chi connectivity index (χ0n) is 22.8. The third-order valence-electron chi connectivity index (χ3n) is 7.58. The molecule has 1 saturated heterocycles. The Balaban J connectivity index is 1.46. The molecule has 3 heterocycles. The number of halogens is 3. The predicted octanol–water partition coefficient (Wildman–Crippen LogP) is 4.95. The summed E-state index contributed by atoms with van der Waals surface area (Å²) < 4.78 is 51.7. The third-order valence-corrected chi connectivity index (χ3v) is 8.01. The monoisotopic (exact) mass is 576 g/mol. The molecule has 12 heteroatoms. The molecule has 2 aliphatic heterocycles. The summed E-state index contributed by atoms with van der Waals surface area (Å²) in [5.74, 6) is -0.996. The standard InChI is InChI=1S/C28H31F3N4O4S/c1-16-13-22(34-11-9-33(3)10-12-34)17(2)25-24(16)19-7-8-35(15-20(19)27(37)38-25)26(36)18-5-6-21(32-40-4)23(14-18)39-28(29,30)31/h5-6,13-14,32H,7-12,15H2,1-4H3. The fourth-order valence-electron chi connectivity index (χ4n) is 5.54. The van der Waals surface area contributed by atoms with Gasteiger partial charge in [-0.3, -0.25) is 4.79 Å². The van der Waals surface area contributed by atoms with Crippen LogP contribution in [0.25, 0.3) is 11.0 Å². The van der Waals surface area contributed by atoms with Crippen molar-refractivity contribution in [3.63, 3.8) is 0 Å². The summed E-state index contributed by atoms with van der Waals surface area (Å²) in [6, 6.07) is 6.03. The van der Waals surface area contributed by atoms with E-state index in [0.29, 0.717) is 24.1 Å². The van der Waals surface area contributed by atoms with Crippen LogP contribution >= 0.6 is 11.9 Å². The molecule has 0 bridgehead atoms. The predicted molar refractivity (Wildman–Crippen MR) is 150 cm³/mol. The molecule has 1 amide bonds. The Labute approximate surface area is 234 Å². The second-order valence-electron chi connectivity index (χ2n) is 10.2. The van der Waals surface area contributed by atoms with Crippen LogP contribution in [0.1, 0.15) is 32.6 Å². The molecule has 1 fully saturated rings. The number of benzene rings is 2. The summed E-state index contributed by atoms with van der Waals surface area (Å²) in [4.78, 5) is 32.6. The van der Waals surface area contributed by atoms with Crippen molar-refractivity contribution < 1.29 is 27.1 Å². The van der Waals surface area contributed by atoms with Gasteiger partial charge >= 0.3 is 12.0 Å². The number of carbonyl (C=O) groups is 1. The highest BCUT2D eigenvalue weighted by molar-refractivity contribution is 7.99. The number of nitrogens with zero attached hydrogens (tertiary/aromatic N) is 3. The van der Waals surface area contributed by atoms with E-state index in [0.717, 1.165) is 72.0 Å². The number of carbonyl (C=O) groups excluding carboxylic acids is 1. The summed E-state index contributed by atoms with van der Waals surface area (Å²) in [6.45, 7) is 7.97. The van der Waals surface area contributed by atoms with Gasteiger partial charge < -0.3 is 28.6 Å². The fraction of sp³-hybridized carbons (Fsp3) is 0.429. The smallest absolute Gasteiger partial charge is 0.422 e. The van der Waals surface area contributed by atoms with E-state index in [2.05, 4.69) is 32.4 Å². The van der Waals surface area contributed by atoms with E-state index in [4.69, 9.17) is 4.42 Å². The number of hydrogen-bond acceptors (Lipinski definition) is 8. The zero-order valence-corrected chi connectivity index (χ0v) is 23.6. The van der Waals surface area contributed by atoms with Gasteiger partial charge in [0, 0.05) is 61.2 Å². The Hall–Kier alpha value is -3.38. The summed E-state index contributed by atoms with van der Waals surface area (Å²) in [5, 5.41) is 0.894. The lowest BCUT2D eigenvalue weighted by Crippen LogP contribution is -2.44. The van der Waals surface area contributed by atoms with Gasteiger partial charge in [-0.2, -0.15) is 0 Å². The quantitative estimate of drug-likeness (QED) is 0.338. The molecule has 214 valence electrons. The number of amides is 1. The van der Waals surface area contributed by atoms with Gasteiger partial charge in [-0.1, -0.05) is 11.9 Å². The molecule has 2 aliphatic rings. The molecule has 1 aromatic heterocycles. The molecule has 3 aromatic rings. The average Bonchev–Trinajstić information content (AvgIpc) is 2.91. The highest BCUT2D eigenvalue weighted by Gasteiger charge is 2.33. The normalized spacial score (nSPS) is 16.3. The van der Waals surface area contributed by atoms with Crippen molar-refractivity contribution in [3.05, 3.63) is 62.5 Å². The molecule has 0 radical (unpaired) electrons. The number of fused-ring (bicyclic) bond motifs is 3. The lowest BCUT2D eigenvalue weighted by atomic mass is 9.92. The van der Waals surface area contributed by atoms with Crippen molar-refractivity contribution in [1.82, 2.24) is 9.80 Å². The molecular weight excluding hydrogens is 545 g/mol. The van der Waals surface area contributed by atoms with Crippen LogP contribution in [0.3, 0.4) is 0 Å². The van der Waals surface area contributed by atoms with Gasteiger partial charge in [0.1, 0.15) is 5.58 Å². The number of nitrogens with one attached hydrogen (secondary N) is 1. The van der Waals surface area contributed by atoms with E-state index in [-0.39, 0.29) is 17.8 Å². The minimum Gasteiger partial charge on any atom is -0.422 e. The second kappa shape index (κ2) is 10.9. The average molecular weight is 577 g/mol. The maximum absolute atomic E-state index is 13.4. The van der Waals surface area contributed by atoms with Crippen LogP contribution in [0.15, 0.2) is 33.5 Å². The maximum Gasteiger partial charge on any atom is 0.573 e. The second-order valence-corrected chi connectivity index (χ2v) is 10.8. The largest absolute Gasteiger partial charge is 0.573 e. The van der Waals surface area contributed by atoms with Crippen LogP contribution in [-0.2, 0) is 13.0 Å². The Bertz CT molecular complexity index is 1520. The van der Waals surface area contributed by atoms with Crippen LogP contribution in [0.4, 0.5) is 24.5 Å². The molecule has 0 aliphatic carbocycles. The number of piperazine rings is 1. The van der Waals surface area contributed by atoms with Gasteiger partial charge in [-0.15, -0.1) is 13.2 Å². The molecule has 0 atom stereocenters. The Kier molecular flexibility index (Phi) is 7.66. The van der Waals surface area contributed by atoms with E-state index in [9.17, 15) is 22.8 Å². The van der Waals surface area contributed by atoms with E-state index in [1.165, 1.54) is 17.0 Å². The van der Waals surface area contributed by atoms with Crippen molar-refractivity contribution in [2.45, 2.75) is 33.2 Å². The first kappa shape index (κ1) is 28.2. The van der Waals surface area contributed by atoms with Crippen molar-refractivity contribution in [1.29, 1.82) is 0 Å². The van der Waals surface area contributed by atoms with Gasteiger partial charge in [-0.25, -0.2) is 4.79 Å². The highest BCUT2D eigenvalue weighted by atomic mass is 32.2. The van der Waals surface area contributed by atoms with Crippen molar-refractivity contribution in [2.75, 3.05) is 55.6 Å². The SMILES string of the molecule is CSNc1ccc(C(=O)N2CCc3c(c(=O)oc4c(C)c(N5CCN(C)CC5)cc(C)c34)C2)cc1OC(F)(F)F. The first-order chi connectivity index (χ1) is 19.0. The number of ether oxygens (including phenoxy) is 1. The van der Waals surface area contributed by atoms with Gasteiger partial charge in [0.2, 0.25) is 0 Å². The number of alkyl halides is 3. The van der Waals surface area contributed by atoms with E-state index in [1.54, 1.807) is 6.26 Å². The van der Waals surface area contributed by atoms with E-state index in [1.807, 2.05) is 13.8 Å². The van der Waals surface area contributed by atoms with E-state index >= 15 is 0 Å². The first-order valence-corrected chi connectivity index (χ1v) is 14.2. The topological polar surface area (TPSA) is 78.3 Å². The fourth-order valence-corrected chi connectivity index (χ4v) is 5.93. The molecule has 0 unspecified atom stereocenters. The Morgan fingerprint density at radius 3 is 2.48 bits per heavy atom. The minimum absolute atomic E-state index is 0.00537. The lowest BCUT2D eigenvalue weighted by Gasteiger charge is -2.35. The van der Waals surface area contributed by atoms with Crippen LogP contribution in [-0.4, -0.2) is 68.1 Å². The van der Waals surface area contributed by atoms with Crippen molar-refractivity contribution >= 4 is 40.2 Å². The van der Waals surface area contributed by atoms with Crippen LogP contribution in [0.5, 0.6) is 5.75 Å². The molecule has 0 saturated carbocycles. The summed E-state index contributed by atoms with van der Waals surface area (Å²) in [6.07, 6.45) is -2.83. The summed E-state index contributed by atoms with van der Waals surface area (Å²) in [5.41, 5.74) is 4.44. The van der Waals surface area contributed by atoms with Gasteiger partial charge in [0.05, 0.1) is 17.8 Å². The third kappa shape index (κ3) is 5.46. The van der Waals surface area contributed by atoms with Gasteiger partial charge in [-0.05, 0) is 62.7 Å². The van der Waals surface area contributed by atoms with Crippen molar-refractivity contribution in [3.8, 4) is 5.75 Å². The van der Waals surface area contributed by atoms with Crippen molar-refractivity contribution in [2.24, 2.45) is 0 Å². The van der Waals surface area contributed by atoms with Gasteiger partial charge in [0.15, 0.2) is 5.75 Å². The molecule has 1 N–H and O–H groups in total. The molecule has 5 rings (SSSR count). The number of anilines is 2. The molecule has 40 heavy (non-hydrogen) atoms. The van der Waals surface area contributed by atoms with E-state index < -0.39 is 23.6 Å². The number of hydrogen-bond donors (Lipinski definition) is 1. The summed E-state index contributed by atoms with van der Waals surface area (Å²) >= 11 is 1.10. The Morgan fingerprint density at radius 2 is 1.80 bits per heavy atom.